The van der Waals surface area contributed by atoms with Gasteiger partial charge in [-0.1, -0.05) is 36.4 Å². The van der Waals surface area contributed by atoms with Gasteiger partial charge in [-0.15, -0.1) is 0 Å². The molecule has 192 valence electrons. The van der Waals surface area contributed by atoms with E-state index in [-0.39, 0.29) is 12.8 Å². The van der Waals surface area contributed by atoms with Crippen molar-refractivity contribution in [2.24, 2.45) is 0 Å². The predicted molar refractivity (Wildman–Crippen MR) is 147 cm³/mol. The number of benzene rings is 2. The molecule has 1 atom stereocenters. The summed E-state index contributed by atoms with van der Waals surface area (Å²) in [4.78, 5) is 2.29. The second-order valence-corrected chi connectivity index (χ2v) is 9.62. The van der Waals surface area contributed by atoms with E-state index in [1.807, 2.05) is 6.07 Å². The van der Waals surface area contributed by atoms with E-state index in [9.17, 15) is 4.39 Å². The summed E-state index contributed by atoms with van der Waals surface area (Å²) in [6, 6.07) is 14.8. The van der Waals surface area contributed by atoms with Crippen molar-refractivity contribution in [3.8, 4) is 5.75 Å². The molecule has 1 fully saturated rings. The Morgan fingerprint density at radius 1 is 1.17 bits per heavy atom. The van der Waals surface area contributed by atoms with Crippen molar-refractivity contribution < 1.29 is 13.9 Å². The molecule has 0 saturated carbocycles. The molecular weight excluding hydrogens is 451 g/mol. The highest BCUT2D eigenvalue weighted by Crippen LogP contribution is 2.39. The molecule has 2 aliphatic rings. The van der Waals surface area contributed by atoms with E-state index in [1.165, 1.54) is 33.4 Å². The summed E-state index contributed by atoms with van der Waals surface area (Å²) in [5, 5.41) is 0. The molecule has 1 heterocycles. The quantitative estimate of drug-likeness (QED) is 0.311. The fraction of sp³-hybridized carbons (Fsp3) is 0.419. The van der Waals surface area contributed by atoms with E-state index in [4.69, 9.17) is 15.2 Å². The summed E-state index contributed by atoms with van der Waals surface area (Å²) < 4.78 is 24.1. The molecule has 36 heavy (non-hydrogen) atoms. The summed E-state index contributed by atoms with van der Waals surface area (Å²) in [5.74, 6) is 0.885. The number of alkyl halides is 1. The van der Waals surface area contributed by atoms with Crippen LogP contribution in [-0.2, 0) is 11.2 Å². The van der Waals surface area contributed by atoms with Gasteiger partial charge in [-0.25, -0.2) is 0 Å². The third-order valence-electron chi connectivity index (χ3n) is 7.08. The van der Waals surface area contributed by atoms with Crippen LogP contribution < -0.4 is 10.5 Å². The van der Waals surface area contributed by atoms with E-state index < -0.39 is 0 Å². The summed E-state index contributed by atoms with van der Waals surface area (Å²) in [5.41, 5.74) is 14.6. The van der Waals surface area contributed by atoms with Crippen molar-refractivity contribution in [1.29, 1.82) is 0 Å². The van der Waals surface area contributed by atoms with Crippen molar-refractivity contribution in [3.63, 3.8) is 0 Å². The van der Waals surface area contributed by atoms with Gasteiger partial charge < -0.3 is 15.2 Å². The Kier molecular flexibility index (Phi) is 9.37. The zero-order valence-corrected chi connectivity index (χ0v) is 21.6. The monoisotopic (exact) mass is 490 g/mol. The number of methoxy groups -OCH3 is 1. The van der Waals surface area contributed by atoms with Gasteiger partial charge in [0.25, 0.3) is 0 Å². The minimum atomic E-state index is -0.256. The third kappa shape index (κ3) is 6.45. The predicted octanol–water partition coefficient (Wildman–Crippen LogP) is 6.37. The lowest BCUT2D eigenvalue weighted by molar-refractivity contribution is 0.198. The van der Waals surface area contributed by atoms with Gasteiger partial charge in [-0.3, -0.25) is 9.29 Å². The van der Waals surface area contributed by atoms with E-state index in [0.29, 0.717) is 13.0 Å². The number of nitrogen functional groups attached to an aromatic ring is 1. The van der Waals surface area contributed by atoms with Crippen LogP contribution in [-0.4, -0.2) is 51.0 Å². The Labute approximate surface area is 215 Å². The molecule has 1 aliphatic carbocycles. The normalized spacial score (nSPS) is 19.1. The lowest BCUT2D eigenvalue weighted by atomic mass is 9.87. The number of ether oxygens (including phenoxy) is 2. The average Bonchev–Trinajstić information content (AvgIpc) is 3.25. The van der Waals surface area contributed by atoms with Crippen LogP contribution in [0.25, 0.3) is 5.57 Å². The topological polar surface area (TPSA) is 47.7 Å². The number of hydrogen-bond donors (Lipinski definition) is 1. The maximum Gasteiger partial charge on any atom is 0.119 e. The summed E-state index contributed by atoms with van der Waals surface area (Å²) in [6.45, 7) is 5.08. The largest absolute Gasteiger partial charge is 0.489 e. The molecule has 0 amide bonds. The number of anilines is 1. The fourth-order valence-electron chi connectivity index (χ4n) is 5.34. The van der Waals surface area contributed by atoms with Gasteiger partial charge in [0.05, 0.1) is 13.3 Å². The van der Waals surface area contributed by atoms with Gasteiger partial charge >= 0.3 is 0 Å². The molecule has 4 rings (SSSR count). The highest BCUT2D eigenvalue weighted by Gasteiger charge is 2.24. The number of nitrogens with two attached hydrogens (primary N) is 1. The highest BCUT2D eigenvalue weighted by molar-refractivity contribution is 5.87. The van der Waals surface area contributed by atoms with Gasteiger partial charge in [-0.05, 0) is 96.7 Å². The van der Waals surface area contributed by atoms with E-state index in [2.05, 4.69) is 66.4 Å². The van der Waals surface area contributed by atoms with Crippen molar-refractivity contribution in [3.05, 3.63) is 88.5 Å². The number of nitrogens with zero attached hydrogens (tertiary/aromatic N) is 1. The van der Waals surface area contributed by atoms with Crippen LogP contribution in [0.2, 0.25) is 0 Å². The molecule has 1 aliphatic heterocycles. The second kappa shape index (κ2) is 12.9. The van der Waals surface area contributed by atoms with E-state index in [1.54, 1.807) is 7.11 Å². The van der Waals surface area contributed by atoms with Crippen molar-refractivity contribution >= 4 is 11.3 Å². The molecule has 2 aromatic rings. The van der Waals surface area contributed by atoms with Gasteiger partial charge in [0.2, 0.25) is 0 Å². The third-order valence-corrected chi connectivity index (χ3v) is 7.08. The van der Waals surface area contributed by atoms with Crippen LogP contribution in [0.15, 0.2) is 71.8 Å². The number of hydrogen-bond acceptors (Lipinski definition) is 4. The van der Waals surface area contributed by atoms with Crippen LogP contribution in [0.5, 0.6) is 5.75 Å². The SMILES string of the molecule is C/C=C(\C=C/COC)C1=C(c2ccc(OC3CCN(CCCF)C3)cc2)c2ccc(N)cc2CCC1. The first-order valence-electron chi connectivity index (χ1n) is 13.1. The highest BCUT2D eigenvalue weighted by atomic mass is 19.1. The molecule has 0 aromatic heterocycles. The summed E-state index contributed by atoms with van der Waals surface area (Å²) >= 11 is 0. The first-order chi connectivity index (χ1) is 17.6. The van der Waals surface area contributed by atoms with Crippen LogP contribution in [0.3, 0.4) is 0 Å². The number of likely N-dealkylation sites (tertiary alicyclic amines) is 1. The molecule has 1 unspecified atom stereocenters. The molecule has 4 nitrogen and oxygen atoms in total. The Morgan fingerprint density at radius 2 is 2.00 bits per heavy atom. The number of allylic oxidation sites excluding steroid dienone is 4. The molecule has 0 spiro atoms. The summed E-state index contributed by atoms with van der Waals surface area (Å²) in [7, 11) is 1.72. The van der Waals surface area contributed by atoms with E-state index in [0.717, 1.165) is 56.8 Å². The van der Waals surface area contributed by atoms with Gasteiger partial charge in [0.1, 0.15) is 11.9 Å². The second-order valence-electron chi connectivity index (χ2n) is 9.62. The lowest BCUT2D eigenvalue weighted by Crippen LogP contribution is -2.26. The van der Waals surface area contributed by atoms with Gasteiger partial charge in [0, 0.05) is 32.4 Å². The zero-order valence-electron chi connectivity index (χ0n) is 21.6. The minimum Gasteiger partial charge on any atom is -0.489 e. The first kappa shape index (κ1) is 26.2. The molecule has 0 radical (unpaired) electrons. The molecule has 1 saturated heterocycles. The van der Waals surface area contributed by atoms with Gasteiger partial charge in [-0.2, -0.15) is 0 Å². The Bertz CT molecular complexity index is 1100. The lowest BCUT2D eigenvalue weighted by Gasteiger charge is -2.19. The van der Waals surface area contributed by atoms with Crippen LogP contribution in [0, 0.1) is 0 Å². The molecule has 2 aromatic carbocycles. The standard InChI is InChI=1S/C31H39FN2O2/c1-3-23(8-5-20-35-2)29-9-4-7-25-21-26(33)12-15-30(25)31(29)24-10-13-27(14-11-24)36-28-16-19-34(22-28)18-6-17-32/h3,5,8,10-15,21,28H,4,6-7,9,16-20,22,33H2,1-2H3/b8-5-,23-3+. The van der Waals surface area contributed by atoms with Crippen molar-refractivity contribution in [2.45, 2.75) is 45.1 Å². The maximum absolute atomic E-state index is 12.5. The Morgan fingerprint density at radius 3 is 2.75 bits per heavy atom. The Hall–Kier alpha value is -2.89. The van der Waals surface area contributed by atoms with E-state index >= 15 is 0 Å². The molecule has 5 heteroatoms. The number of aryl methyl sites for hydroxylation is 1. The molecule has 2 N–H and O–H groups in total. The fourth-order valence-corrected chi connectivity index (χ4v) is 5.34. The first-order valence-corrected chi connectivity index (χ1v) is 13.1. The molecular formula is C31H39FN2O2. The van der Waals surface area contributed by atoms with Crippen molar-refractivity contribution in [1.82, 2.24) is 4.90 Å². The average molecular weight is 491 g/mol. The van der Waals surface area contributed by atoms with Crippen LogP contribution in [0.1, 0.15) is 49.3 Å². The maximum atomic E-state index is 12.5. The van der Waals surface area contributed by atoms with Crippen LogP contribution >= 0.6 is 0 Å². The number of rotatable bonds is 10. The number of halogens is 1. The Balaban J connectivity index is 1.64. The summed E-state index contributed by atoms with van der Waals surface area (Å²) in [6.07, 6.45) is 11.3. The minimum absolute atomic E-state index is 0.160. The number of fused-ring (bicyclic) bond motifs is 1. The van der Waals surface area contributed by atoms with Gasteiger partial charge in [0.15, 0.2) is 0 Å². The smallest absolute Gasteiger partial charge is 0.119 e. The molecule has 0 bridgehead atoms. The van der Waals surface area contributed by atoms with Crippen molar-refractivity contribution in [2.75, 3.05) is 45.8 Å². The van der Waals surface area contributed by atoms with Crippen LogP contribution in [0.4, 0.5) is 10.1 Å². The zero-order chi connectivity index (χ0) is 25.3.